The number of amides is 1. The number of nitrogens with zero attached hydrogens (tertiary/aromatic N) is 3. The van der Waals surface area contributed by atoms with Gasteiger partial charge in [-0.05, 0) is 37.1 Å². The molecule has 3 heterocycles. The average molecular weight is 425 g/mol. The van der Waals surface area contributed by atoms with Crippen molar-refractivity contribution >= 4 is 40.1 Å². The lowest BCUT2D eigenvalue weighted by Gasteiger charge is -2.26. The van der Waals surface area contributed by atoms with Gasteiger partial charge in [0, 0.05) is 25.4 Å². The molecule has 1 aliphatic heterocycles. The lowest BCUT2D eigenvalue weighted by molar-refractivity contribution is -0.137. The summed E-state index contributed by atoms with van der Waals surface area (Å²) in [5.41, 5.74) is 0.858. The van der Waals surface area contributed by atoms with E-state index in [4.69, 9.17) is 16.0 Å². The third-order valence-corrected chi connectivity index (χ3v) is 5.02. The zero-order chi connectivity index (χ0) is 20.8. The van der Waals surface area contributed by atoms with Crippen molar-refractivity contribution in [1.82, 2.24) is 9.97 Å². The Hall–Kier alpha value is -2.81. The van der Waals surface area contributed by atoms with E-state index in [9.17, 15) is 18.0 Å². The van der Waals surface area contributed by atoms with Crippen LogP contribution in [0.1, 0.15) is 24.3 Å². The molecule has 0 spiro atoms. The predicted molar refractivity (Wildman–Crippen MR) is 102 cm³/mol. The van der Waals surface area contributed by atoms with Crippen LogP contribution in [0.5, 0.6) is 0 Å². The van der Waals surface area contributed by atoms with E-state index in [0.717, 1.165) is 12.3 Å². The van der Waals surface area contributed by atoms with Crippen LogP contribution in [0, 0.1) is 6.92 Å². The monoisotopic (exact) mass is 424 g/mol. The molecule has 1 saturated heterocycles. The van der Waals surface area contributed by atoms with E-state index in [-0.39, 0.29) is 16.7 Å². The molecule has 6 nitrogen and oxygen atoms in total. The number of oxazole rings is 1. The number of carbonyl (C=O) groups excluding carboxylic acids is 1. The fourth-order valence-corrected chi connectivity index (χ4v) is 3.71. The summed E-state index contributed by atoms with van der Waals surface area (Å²) in [6.07, 6.45) is -2.57. The van der Waals surface area contributed by atoms with Gasteiger partial charge in [-0.2, -0.15) is 13.2 Å². The summed E-state index contributed by atoms with van der Waals surface area (Å²) in [6, 6.07) is 5.36. The Labute approximate surface area is 168 Å². The van der Waals surface area contributed by atoms with Gasteiger partial charge in [0.15, 0.2) is 11.5 Å². The molecule has 0 bridgehead atoms. The van der Waals surface area contributed by atoms with Crippen molar-refractivity contribution < 1.29 is 22.4 Å². The van der Waals surface area contributed by atoms with Crippen molar-refractivity contribution in [2.45, 2.75) is 32.0 Å². The van der Waals surface area contributed by atoms with E-state index >= 15 is 0 Å². The first-order valence-corrected chi connectivity index (χ1v) is 9.27. The van der Waals surface area contributed by atoms with Gasteiger partial charge < -0.3 is 14.6 Å². The van der Waals surface area contributed by atoms with E-state index in [0.29, 0.717) is 42.1 Å². The zero-order valence-corrected chi connectivity index (χ0v) is 16.0. The lowest BCUT2D eigenvalue weighted by Crippen LogP contribution is -2.40. The summed E-state index contributed by atoms with van der Waals surface area (Å²) < 4.78 is 44.0. The standard InChI is InChI=1S/C19H16ClF3N4O2/c1-10-25-14-8-12(4-5-16(14)29-10)26-18(28)15-3-2-6-27(15)17-13(20)7-11(9-24-17)19(21,22)23/h4-5,7-9,15H,2-3,6H2,1H3,(H,26,28)/t15-/m0/s1. The maximum Gasteiger partial charge on any atom is 0.417 e. The molecule has 0 saturated carbocycles. The van der Waals surface area contributed by atoms with E-state index in [1.807, 2.05) is 0 Å². The minimum absolute atomic E-state index is 0.140. The van der Waals surface area contributed by atoms with Crippen molar-refractivity contribution in [2.75, 3.05) is 16.8 Å². The second-order valence-electron chi connectivity index (χ2n) is 6.78. The highest BCUT2D eigenvalue weighted by atomic mass is 35.5. The molecule has 3 aromatic rings. The molecule has 1 atom stereocenters. The maximum absolute atomic E-state index is 12.8. The lowest BCUT2D eigenvalue weighted by atomic mass is 10.2. The Morgan fingerprint density at radius 2 is 2.14 bits per heavy atom. The fraction of sp³-hybridized carbons (Fsp3) is 0.316. The van der Waals surface area contributed by atoms with Crippen LogP contribution < -0.4 is 10.2 Å². The molecule has 1 N–H and O–H groups in total. The van der Waals surface area contributed by atoms with Gasteiger partial charge in [0.2, 0.25) is 5.91 Å². The molecule has 1 aliphatic rings. The number of pyridine rings is 1. The van der Waals surface area contributed by atoms with Crippen LogP contribution in [0.4, 0.5) is 24.7 Å². The molecule has 1 fully saturated rings. The first-order chi connectivity index (χ1) is 13.7. The van der Waals surface area contributed by atoms with Crippen LogP contribution >= 0.6 is 11.6 Å². The SMILES string of the molecule is Cc1nc2cc(NC(=O)[C@@H]3CCCN3c3ncc(C(F)(F)F)cc3Cl)ccc2o1. The van der Waals surface area contributed by atoms with E-state index in [1.54, 1.807) is 30.0 Å². The minimum Gasteiger partial charge on any atom is -0.441 e. The maximum atomic E-state index is 12.8. The Kier molecular flexibility index (Phi) is 4.85. The number of alkyl halides is 3. The molecule has 0 unspecified atom stereocenters. The summed E-state index contributed by atoms with van der Waals surface area (Å²) in [5, 5.41) is 2.69. The van der Waals surface area contributed by atoms with Crippen molar-refractivity contribution in [3.63, 3.8) is 0 Å². The van der Waals surface area contributed by atoms with Crippen molar-refractivity contribution in [1.29, 1.82) is 0 Å². The van der Waals surface area contributed by atoms with Crippen LogP contribution in [-0.2, 0) is 11.0 Å². The number of carbonyl (C=O) groups is 1. The van der Waals surface area contributed by atoms with Gasteiger partial charge in [0.25, 0.3) is 0 Å². The first kappa shape index (κ1) is 19.5. The number of hydrogen-bond donors (Lipinski definition) is 1. The molecule has 0 radical (unpaired) electrons. The van der Waals surface area contributed by atoms with Crippen LogP contribution in [0.25, 0.3) is 11.1 Å². The van der Waals surface area contributed by atoms with Gasteiger partial charge in [-0.15, -0.1) is 0 Å². The van der Waals surface area contributed by atoms with Crippen LogP contribution in [-0.4, -0.2) is 28.5 Å². The largest absolute Gasteiger partial charge is 0.441 e. The van der Waals surface area contributed by atoms with Crippen LogP contribution in [0.3, 0.4) is 0 Å². The first-order valence-electron chi connectivity index (χ1n) is 8.90. The van der Waals surface area contributed by atoms with Gasteiger partial charge in [-0.25, -0.2) is 9.97 Å². The highest BCUT2D eigenvalue weighted by Crippen LogP contribution is 2.36. The molecule has 0 aliphatic carbocycles. The highest BCUT2D eigenvalue weighted by molar-refractivity contribution is 6.33. The molecule has 1 aromatic carbocycles. The Morgan fingerprint density at radius 3 is 2.86 bits per heavy atom. The third kappa shape index (κ3) is 3.87. The highest BCUT2D eigenvalue weighted by Gasteiger charge is 2.35. The predicted octanol–water partition coefficient (Wildman–Crippen LogP) is 4.81. The fourth-order valence-electron chi connectivity index (χ4n) is 3.44. The summed E-state index contributed by atoms with van der Waals surface area (Å²) in [7, 11) is 0. The van der Waals surface area contributed by atoms with E-state index in [2.05, 4.69) is 15.3 Å². The van der Waals surface area contributed by atoms with Gasteiger partial charge in [-0.1, -0.05) is 11.6 Å². The number of fused-ring (bicyclic) bond motifs is 1. The smallest absolute Gasteiger partial charge is 0.417 e. The number of benzene rings is 1. The molecule has 4 rings (SSSR count). The van der Waals surface area contributed by atoms with E-state index in [1.165, 1.54) is 0 Å². The third-order valence-electron chi connectivity index (χ3n) is 4.74. The summed E-state index contributed by atoms with van der Waals surface area (Å²) in [4.78, 5) is 22.6. The molecule has 10 heteroatoms. The second kappa shape index (κ2) is 7.22. The number of rotatable bonds is 3. The number of halogens is 4. The molecule has 29 heavy (non-hydrogen) atoms. The number of hydrogen-bond acceptors (Lipinski definition) is 5. The minimum atomic E-state index is -4.53. The normalized spacial score (nSPS) is 17.1. The van der Waals surface area contributed by atoms with Gasteiger partial charge >= 0.3 is 6.18 Å². The van der Waals surface area contributed by atoms with Crippen molar-refractivity contribution in [2.24, 2.45) is 0 Å². The summed E-state index contributed by atoms with van der Waals surface area (Å²) in [6.45, 7) is 2.20. The van der Waals surface area contributed by atoms with E-state index < -0.39 is 17.8 Å². The summed E-state index contributed by atoms with van der Waals surface area (Å²) in [5.74, 6) is 0.396. The summed E-state index contributed by atoms with van der Waals surface area (Å²) >= 11 is 6.06. The molecular weight excluding hydrogens is 409 g/mol. The van der Waals surface area contributed by atoms with Crippen molar-refractivity contribution in [3.8, 4) is 0 Å². The Balaban J connectivity index is 1.55. The average Bonchev–Trinajstić information content (AvgIpc) is 3.26. The second-order valence-corrected chi connectivity index (χ2v) is 7.19. The van der Waals surface area contributed by atoms with Crippen LogP contribution in [0.2, 0.25) is 5.02 Å². The van der Waals surface area contributed by atoms with Gasteiger partial charge in [0.05, 0.1) is 10.6 Å². The zero-order valence-electron chi connectivity index (χ0n) is 15.3. The number of aromatic nitrogens is 2. The van der Waals surface area contributed by atoms with Crippen LogP contribution in [0.15, 0.2) is 34.9 Å². The van der Waals surface area contributed by atoms with Gasteiger partial charge in [-0.3, -0.25) is 4.79 Å². The Bertz CT molecular complexity index is 1080. The molecule has 1 amide bonds. The quantitative estimate of drug-likeness (QED) is 0.653. The Morgan fingerprint density at radius 1 is 1.34 bits per heavy atom. The number of aryl methyl sites for hydroxylation is 1. The molecule has 152 valence electrons. The van der Waals surface area contributed by atoms with Crippen molar-refractivity contribution in [3.05, 3.63) is 46.9 Å². The number of anilines is 2. The molecule has 2 aromatic heterocycles. The number of nitrogens with one attached hydrogen (secondary N) is 1. The van der Waals surface area contributed by atoms with Gasteiger partial charge in [0.1, 0.15) is 17.4 Å². The topological polar surface area (TPSA) is 71.3 Å². The molecular formula is C19H16ClF3N4O2.